The number of rotatable bonds is 9. The van der Waals surface area contributed by atoms with Crippen LogP contribution in [0.4, 0.5) is 0 Å². The minimum Gasteiger partial charge on any atom is -0.494 e. The Hall–Kier alpha value is -3.46. The minimum atomic E-state index is -0.862. The molecule has 2 amide bonds. The number of hydrogen-bond acceptors (Lipinski definition) is 6. The molecule has 34 heavy (non-hydrogen) atoms. The Morgan fingerprint density at radius 1 is 1.15 bits per heavy atom. The number of thiocarbonyl (C=S) groups is 1. The second-order valence-electron chi connectivity index (χ2n) is 7.84. The summed E-state index contributed by atoms with van der Waals surface area (Å²) in [4.78, 5) is 39.1. The average molecular weight is 484 g/mol. The van der Waals surface area contributed by atoms with Gasteiger partial charge in [-0.1, -0.05) is 43.7 Å². The van der Waals surface area contributed by atoms with Crippen molar-refractivity contribution in [1.82, 2.24) is 15.5 Å². The summed E-state index contributed by atoms with van der Waals surface area (Å²) in [7, 11) is 0. The Balaban J connectivity index is 1.56. The van der Waals surface area contributed by atoms with E-state index in [1.807, 2.05) is 30.3 Å². The van der Waals surface area contributed by atoms with Crippen molar-refractivity contribution in [3.63, 3.8) is 0 Å². The molecule has 180 valence electrons. The monoisotopic (exact) mass is 483 g/mol. The molecule has 0 bridgehead atoms. The third-order valence-electron chi connectivity index (χ3n) is 5.30. The lowest BCUT2D eigenvalue weighted by molar-refractivity contribution is -0.148. The average Bonchev–Trinajstić information content (AvgIpc) is 2.85. The standard InChI is InChI=1S/C25H29N3O5S/c1-2-3-15-32-20-11-9-19(10-12-20)23(30)27-25(34)28-14-13-26-24(31)21(28)16-22(29)33-17-18-7-5-4-6-8-18/h4-12,21H,2-3,13-17H2,1H3,(H,26,31)(H,27,30,34). The summed E-state index contributed by atoms with van der Waals surface area (Å²) in [6.45, 7) is 3.55. The van der Waals surface area contributed by atoms with Gasteiger partial charge in [0.15, 0.2) is 5.11 Å². The van der Waals surface area contributed by atoms with Crippen molar-refractivity contribution in [2.45, 2.75) is 38.8 Å². The first-order valence-electron chi connectivity index (χ1n) is 11.3. The quantitative estimate of drug-likeness (QED) is 0.322. The highest BCUT2D eigenvalue weighted by Crippen LogP contribution is 2.15. The zero-order valence-electron chi connectivity index (χ0n) is 19.1. The Morgan fingerprint density at radius 2 is 1.88 bits per heavy atom. The van der Waals surface area contributed by atoms with Gasteiger partial charge in [0.25, 0.3) is 5.91 Å². The van der Waals surface area contributed by atoms with Gasteiger partial charge in [0.05, 0.1) is 13.0 Å². The molecule has 1 fully saturated rings. The largest absolute Gasteiger partial charge is 0.494 e. The molecule has 1 heterocycles. The van der Waals surface area contributed by atoms with E-state index in [0.29, 0.717) is 31.0 Å². The van der Waals surface area contributed by atoms with E-state index in [1.54, 1.807) is 29.2 Å². The second-order valence-corrected chi connectivity index (χ2v) is 8.22. The predicted molar refractivity (Wildman–Crippen MR) is 131 cm³/mol. The van der Waals surface area contributed by atoms with Crippen molar-refractivity contribution in [2.75, 3.05) is 19.7 Å². The van der Waals surface area contributed by atoms with E-state index in [0.717, 1.165) is 18.4 Å². The summed E-state index contributed by atoms with van der Waals surface area (Å²) >= 11 is 5.41. The van der Waals surface area contributed by atoms with Crippen LogP contribution in [0.2, 0.25) is 0 Å². The molecule has 1 saturated heterocycles. The number of esters is 1. The van der Waals surface area contributed by atoms with E-state index in [-0.39, 0.29) is 24.0 Å². The highest BCUT2D eigenvalue weighted by Gasteiger charge is 2.34. The SMILES string of the molecule is CCCCOc1ccc(C(=O)NC(=S)N2CCNC(=O)C2CC(=O)OCc2ccccc2)cc1. The maximum atomic E-state index is 12.7. The van der Waals surface area contributed by atoms with Crippen molar-refractivity contribution in [2.24, 2.45) is 0 Å². The number of unbranched alkanes of at least 4 members (excludes halogenated alkanes) is 1. The number of amides is 2. The van der Waals surface area contributed by atoms with Crippen LogP contribution in [0.5, 0.6) is 5.75 Å². The molecule has 2 N–H and O–H groups in total. The van der Waals surface area contributed by atoms with Crippen LogP contribution in [0.1, 0.15) is 42.1 Å². The molecular formula is C25H29N3O5S. The fourth-order valence-electron chi connectivity index (χ4n) is 3.39. The van der Waals surface area contributed by atoms with Crippen LogP contribution in [0, 0.1) is 0 Å². The molecular weight excluding hydrogens is 454 g/mol. The van der Waals surface area contributed by atoms with Crippen molar-refractivity contribution < 1.29 is 23.9 Å². The van der Waals surface area contributed by atoms with Gasteiger partial charge in [-0.15, -0.1) is 0 Å². The molecule has 1 unspecified atom stereocenters. The molecule has 9 heteroatoms. The van der Waals surface area contributed by atoms with E-state index in [1.165, 1.54) is 0 Å². The highest BCUT2D eigenvalue weighted by atomic mass is 32.1. The summed E-state index contributed by atoms with van der Waals surface area (Å²) in [6, 6.07) is 15.2. The second kappa shape index (κ2) is 12.7. The first kappa shape index (κ1) is 25.2. The highest BCUT2D eigenvalue weighted by molar-refractivity contribution is 7.80. The van der Waals surface area contributed by atoms with Crippen LogP contribution >= 0.6 is 12.2 Å². The summed E-state index contributed by atoms with van der Waals surface area (Å²) < 4.78 is 10.9. The van der Waals surface area contributed by atoms with E-state index < -0.39 is 17.9 Å². The molecule has 3 rings (SSSR count). The number of nitrogens with zero attached hydrogens (tertiary/aromatic N) is 1. The van der Waals surface area contributed by atoms with Gasteiger partial charge in [-0.05, 0) is 48.5 Å². The van der Waals surface area contributed by atoms with Crippen molar-refractivity contribution >= 4 is 35.1 Å². The molecule has 0 aromatic heterocycles. The van der Waals surface area contributed by atoms with Gasteiger partial charge < -0.3 is 19.7 Å². The van der Waals surface area contributed by atoms with Crippen LogP contribution in [0.3, 0.4) is 0 Å². The fraction of sp³-hybridized carbons (Fsp3) is 0.360. The van der Waals surface area contributed by atoms with Crippen LogP contribution in [-0.4, -0.2) is 53.5 Å². The van der Waals surface area contributed by atoms with E-state index in [2.05, 4.69) is 17.6 Å². The first-order valence-corrected chi connectivity index (χ1v) is 11.7. The van der Waals surface area contributed by atoms with Crippen LogP contribution in [0.25, 0.3) is 0 Å². The summed E-state index contributed by atoms with van der Waals surface area (Å²) in [5.74, 6) is -0.576. The van der Waals surface area contributed by atoms with Crippen LogP contribution in [-0.2, 0) is 20.9 Å². The van der Waals surface area contributed by atoms with Crippen LogP contribution < -0.4 is 15.4 Å². The topological polar surface area (TPSA) is 97.0 Å². The lowest BCUT2D eigenvalue weighted by Gasteiger charge is -2.36. The predicted octanol–water partition coefficient (Wildman–Crippen LogP) is 2.81. The molecule has 1 aliphatic rings. The zero-order valence-corrected chi connectivity index (χ0v) is 19.9. The first-order chi connectivity index (χ1) is 16.5. The van der Waals surface area contributed by atoms with Gasteiger partial charge in [-0.3, -0.25) is 19.7 Å². The summed E-state index contributed by atoms with van der Waals surface area (Å²) in [5, 5.41) is 5.49. The number of ether oxygens (including phenoxy) is 2. The van der Waals surface area contributed by atoms with E-state index in [4.69, 9.17) is 21.7 Å². The van der Waals surface area contributed by atoms with Crippen molar-refractivity contribution in [3.05, 3.63) is 65.7 Å². The Labute approximate surface area is 204 Å². The minimum absolute atomic E-state index is 0.0870. The number of piperazine rings is 1. The Bertz CT molecular complexity index is 997. The zero-order chi connectivity index (χ0) is 24.3. The van der Waals surface area contributed by atoms with Crippen LogP contribution in [0.15, 0.2) is 54.6 Å². The lowest BCUT2D eigenvalue weighted by atomic mass is 10.1. The number of hydrogen-bond donors (Lipinski definition) is 2. The lowest BCUT2D eigenvalue weighted by Crippen LogP contribution is -2.60. The molecule has 0 spiro atoms. The van der Waals surface area contributed by atoms with Gasteiger partial charge in [-0.2, -0.15) is 0 Å². The van der Waals surface area contributed by atoms with Gasteiger partial charge in [0.2, 0.25) is 5.91 Å². The van der Waals surface area contributed by atoms with Gasteiger partial charge >= 0.3 is 5.97 Å². The fourth-order valence-corrected chi connectivity index (χ4v) is 3.70. The summed E-state index contributed by atoms with van der Waals surface area (Å²) in [6.07, 6.45) is 1.82. The maximum absolute atomic E-state index is 12.7. The molecule has 2 aromatic rings. The summed E-state index contributed by atoms with van der Waals surface area (Å²) in [5.41, 5.74) is 1.26. The Morgan fingerprint density at radius 3 is 2.59 bits per heavy atom. The molecule has 2 aromatic carbocycles. The molecule has 8 nitrogen and oxygen atoms in total. The number of carbonyl (C=O) groups is 3. The third-order valence-corrected chi connectivity index (χ3v) is 5.63. The van der Waals surface area contributed by atoms with Gasteiger partial charge in [0, 0.05) is 18.7 Å². The van der Waals surface area contributed by atoms with Crippen molar-refractivity contribution in [3.8, 4) is 5.75 Å². The van der Waals surface area contributed by atoms with Gasteiger partial charge in [0.1, 0.15) is 18.4 Å². The van der Waals surface area contributed by atoms with E-state index >= 15 is 0 Å². The molecule has 1 aliphatic heterocycles. The molecule has 0 aliphatic carbocycles. The maximum Gasteiger partial charge on any atom is 0.308 e. The normalized spacial score (nSPS) is 15.3. The number of carbonyl (C=O) groups excluding carboxylic acids is 3. The molecule has 1 atom stereocenters. The molecule has 0 saturated carbocycles. The smallest absolute Gasteiger partial charge is 0.308 e. The third kappa shape index (κ3) is 7.28. The number of benzene rings is 2. The Kier molecular flexibility index (Phi) is 9.40. The molecule has 0 radical (unpaired) electrons. The van der Waals surface area contributed by atoms with E-state index in [9.17, 15) is 14.4 Å². The van der Waals surface area contributed by atoms with Gasteiger partial charge in [-0.25, -0.2) is 0 Å². The number of nitrogens with one attached hydrogen (secondary N) is 2. The van der Waals surface area contributed by atoms with Crippen molar-refractivity contribution in [1.29, 1.82) is 0 Å².